The molecule has 0 unspecified atom stereocenters. The molecule has 5 rings (SSSR count). The molecule has 2 aliphatic rings. The van der Waals surface area contributed by atoms with Crippen LogP contribution in [0.25, 0.3) is 11.1 Å². The number of carboxylic acid groups (broad SMARTS) is 1. The van der Waals surface area contributed by atoms with Crippen LogP contribution in [-0.4, -0.2) is 63.4 Å². The van der Waals surface area contributed by atoms with Crippen molar-refractivity contribution >= 4 is 23.7 Å². The van der Waals surface area contributed by atoms with Gasteiger partial charge in [-0.15, -0.1) is 0 Å². The summed E-state index contributed by atoms with van der Waals surface area (Å²) in [6, 6.07) is 17.8. The minimum absolute atomic E-state index is 0.0664. The molecule has 0 bridgehead atoms. The molecule has 0 spiro atoms. The summed E-state index contributed by atoms with van der Waals surface area (Å²) in [7, 11) is 0. The summed E-state index contributed by atoms with van der Waals surface area (Å²) in [5.74, 6) is -2.02. The molecule has 3 aromatic rings. The Hall–Kier alpha value is -4.24. The molecule has 2 heterocycles. The van der Waals surface area contributed by atoms with Crippen LogP contribution in [0.15, 0.2) is 66.9 Å². The van der Waals surface area contributed by atoms with Crippen molar-refractivity contribution in [2.75, 3.05) is 18.5 Å². The van der Waals surface area contributed by atoms with E-state index in [4.69, 9.17) is 4.74 Å². The number of hydrogen-bond donors (Lipinski definition) is 3. The van der Waals surface area contributed by atoms with Gasteiger partial charge in [-0.2, -0.15) is 0 Å². The first-order chi connectivity index (χ1) is 16.9. The summed E-state index contributed by atoms with van der Waals surface area (Å²) in [6.45, 7) is -0.0282. The number of hydrogen-bond acceptors (Lipinski definition) is 6. The molecular weight excluding hydrogens is 450 g/mol. The van der Waals surface area contributed by atoms with Crippen molar-refractivity contribution < 1.29 is 29.3 Å². The van der Waals surface area contributed by atoms with Crippen LogP contribution in [0.2, 0.25) is 0 Å². The number of aromatic nitrogens is 1. The highest BCUT2D eigenvalue weighted by Gasteiger charge is 2.40. The number of carbonyl (C=O) groups excluding carboxylic acids is 2. The fourth-order valence-electron chi connectivity index (χ4n) is 4.83. The van der Waals surface area contributed by atoms with E-state index in [1.54, 1.807) is 6.07 Å². The van der Waals surface area contributed by atoms with Crippen molar-refractivity contribution in [3.8, 4) is 11.1 Å². The predicted octanol–water partition coefficient (Wildman–Crippen LogP) is 3.10. The molecular formula is C26H23N3O6. The Morgan fingerprint density at radius 1 is 1.00 bits per heavy atom. The second-order valence-corrected chi connectivity index (χ2v) is 8.55. The molecule has 0 saturated carbocycles. The Balaban J connectivity index is 1.31. The largest absolute Gasteiger partial charge is 0.480 e. The van der Waals surface area contributed by atoms with Gasteiger partial charge in [0.2, 0.25) is 0 Å². The highest BCUT2D eigenvalue weighted by molar-refractivity contribution is 6.02. The minimum Gasteiger partial charge on any atom is -0.480 e. The molecule has 35 heavy (non-hydrogen) atoms. The number of carboxylic acids is 1. The first-order valence-corrected chi connectivity index (χ1v) is 11.2. The van der Waals surface area contributed by atoms with E-state index < -0.39 is 30.1 Å². The average Bonchev–Trinajstić information content (AvgIpc) is 3.41. The summed E-state index contributed by atoms with van der Waals surface area (Å²) >= 11 is 0. The number of aliphatic hydroxyl groups is 1. The third-order valence-electron chi connectivity index (χ3n) is 6.42. The van der Waals surface area contributed by atoms with Gasteiger partial charge in [-0.25, -0.2) is 14.6 Å². The molecule has 2 atom stereocenters. The third kappa shape index (κ3) is 4.22. The molecule has 3 N–H and O–H groups in total. The summed E-state index contributed by atoms with van der Waals surface area (Å²) in [5, 5.41) is 21.8. The third-order valence-corrected chi connectivity index (χ3v) is 6.42. The summed E-state index contributed by atoms with van der Waals surface area (Å²) in [5.41, 5.74) is 4.34. The smallest absolute Gasteiger partial charge is 0.411 e. The topological polar surface area (TPSA) is 129 Å². The number of aliphatic carboxylic acids is 1. The van der Waals surface area contributed by atoms with E-state index in [9.17, 15) is 24.6 Å². The Morgan fingerprint density at radius 3 is 2.31 bits per heavy atom. The molecule has 1 aliphatic carbocycles. The van der Waals surface area contributed by atoms with Crippen molar-refractivity contribution in [2.24, 2.45) is 0 Å². The molecule has 1 aliphatic heterocycles. The number of pyridine rings is 1. The van der Waals surface area contributed by atoms with Crippen molar-refractivity contribution in [3.63, 3.8) is 0 Å². The Bertz CT molecular complexity index is 1260. The van der Waals surface area contributed by atoms with Crippen LogP contribution < -0.4 is 5.32 Å². The van der Waals surface area contributed by atoms with E-state index in [-0.39, 0.29) is 36.9 Å². The van der Waals surface area contributed by atoms with Crippen LogP contribution in [0, 0.1) is 0 Å². The lowest BCUT2D eigenvalue weighted by Crippen LogP contribution is -2.41. The zero-order chi connectivity index (χ0) is 24.5. The molecule has 9 nitrogen and oxygen atoms in total. The molecule has 0 radical (unpaired) electrons. The molecule has 178 valence electrons. The van der Waals surface area contributed by atoms with Crippen LogP contribution in [0.5, 0.6) is 0 Å². The van der Waals surface area contributed by atoms with Crippen LogP contribution in [-0.2, 0) is 9.53 Å². The Morgan fingerprint density at radius 2 is 1.66 bits per heavy atom. The maximum Gasteiger partial charge on any atom is 0.411 e. The molecule has 2 amide bonds. The highest BCUT2D eigenvalue weighted by atomic mass is 16.5. The van der Waals surface area contributed by atoms with Gasteiger partial charge in [0, 0.05) is 25.1 Å². The van der Waals surface area contributed by atoms with Gasteiger partial charge in [-0.1, -0.05) is 48.5 Å². The first-order valence-electron chi connectivity index (χ1n) is 11.2. The summed E-state index contributed by atoms with van der Waals surface area (Å²) in [6.07, 6.45) is -0.394. The maximum absolute atomic E-state index is 13.0. The molecule has 1 aromatic heterocycles. The minimum atomic E-state index is -1.21. The second kappa shape index (κ2) is 9.19. The molecule has 2 aromatic carbocycles. The number of rotatable bonds is 5. The maximum atomic E-state index is 13.0. The van der Waals surface area contributed by atoms with Gasteiger partial charge in [0.05, 0.1) is 11.8 Å². The van der Waals surface area contributed by atoms with Crippen molar-refractivity contribution in [2.45, 2.75) is 24.5 Å². The zero-order valence-electron chi connectivity index (χ0n) is 18.6. The van der Waals surface area contributed by atoms with E-state index in [2.05, 4.69) is 10.3 Å². The lowest BCUT2D eigenvalue weighted by atomic mass is 9.98. The number of amides is 2. The normalized spacial score (nSPS) is 18.6. The SMILES string of the molecule is O=C(Nc1cccnc1C(=O)N1C[C@@H](O)C[C@H]1C(=O)O)OCC1c2ccccc2-c2ccccc21. The number of ether oxygens (including phenoxy) is 1. The molecule has 1 fully saturated rings. The lowest BCUT2D eigenvalue weighted by molar-refractivity contribution is -0.141. The first kappa shape index (κ1) is 22.5. The van der Waals surface area contributed by atoms with Crippen LogP contribution in [0.3, 0.4) is 0 Å². The van der Waals surface area contributed by atoms with Gasteiger partial charge in [0.25, 0.3) is 5.91 Å². The number of benzene rings is 2. The van der Waals surface area contributed by atoms with Gasteiger partial charge in [0.15, 0.2) is 5.69 Å². The van der Waals surface area contributed by atoms with Gasteiger partial charge in [-0.05, 0) is 34.4 Å². The fourth-order valence-corrected chi connectivity index (χ4v) is 4.83. The van der Waals surface area contributed by atoms with Crippen molar-refractivity contribution in [1.29, 1.82) is 0 Å². The number of carbonyl (C=O) groups is 3. The summed E-state index contributed by atoms with van der Waals surface area (Å²) < 4.78 is 5.54. The van der Waals surface area contributed by atoms with Crippen molar-refractivity contribution in [3.05, 3.63) is 83.7 Å². The average molecular weight is 473 g/mol. The summed E-state index contributed by atoms with van der Waals surface area (Å²) in [4.78, 5) is 42.4. The highest BCUT2D eigenvalue weighted by Crippen LogP contribution is 2.44. The number of anilines is 1. The van der Waals surface area contributed by atoms with Crippen LogP contribution in [0.1, 0.15) is 34.0 Å². The Labute approximate surface area is 201 Å². The van der Waals surface area contributed by atoms with E-state index in [1.165, 1.54) is 12.3 Å². The second-order valence-electron chi connectivity index (χ2n) is 8.55. The van der Waals surface area contributed by atoms with E-state index in [0.29, 0.717) is 0 Å². The van der Waals surface area contributed by atoms with Crippen LogP contribution in [0.4, 0.5) is 10.5 Å². The number of β-amino-alcohol motifs (C(OH)–C–C–N with tert-alkyl or cyclic N) is 1. The standard InChI is InChI=1S/C26H23N3O6/c30-15-12-22(25(32)33)29(13-15)24(31)23-21(10-5-11-27-23)28-26(34)35-14-20-18-8-3-1-6-16(18)17-7-2-4-9-19(17)20/h1-11,15,20,22,30H,12-14H2,(H,28,34)(H,32,33)/t15-,22-/m0/s1. The van der Waals surface area contributed by atoms with Gasteiger partial charge < -0.3 is 19.8 Å². The number of aliphatic hydroxyl groups excluding tert-OH is 1. The van der Waals surface area contributed by atoms with E-state index in [0.717, 1.165) is 27.2 Å². The quantitative estimate of drug-likeness (QED) is 0.519. The van der Waals surface area contributed by atoms with E-state index in [1.807, 2.05) is 48.5 Å². The Kier molecular flexibility index (Phi) is 5.92. The monoisotopic (exact) mass is 473 g/mol. The van der Waals surface area contributed by atoms with Crippen molar-refractivity contribution in [1.82, 2.24) is 9.88 Å². The molecule has 1 saturated heterocycles. The number of likely N-dealkylation sites (tertiary alicyclic amines) is 1. The fraction of sp³-hybridized carbons (Fsp3) is 0.231. The molecule has 9 heteroatoms. The van der Waals surface area contributed by atoms with Gasteiger partial charge >= 0.3 is 12.1 Å². The van der Waals surface area contributed by atoms with Gasteiger partial charge in [0.1, 0.15) is 12.6 Å². The van der Waals surface area contributed by atoms with E-state index >= 15 is 0 Å². The van der Waals surface area contributed by atoms with Gasteiger partial charge in [-0.3, -0.25) is 10.1 Å². The zero-order valence-corrected chi connectivity index (χ0v) is 18.6. The number of fused-ring (bicyclic) bond motifs is 3. The van der Waals surface area contributed by atoms with Crippen LogP contribution >= 0.6 is 0 Å². The lowest BCUT2D eigenvalue weighted by Gasteiger charge is -2.22. The predicted molar refractivity (Wildman–Crippen MR) is 126 cm³/mol. The number of nitrogens with zero attached hydrogens (tertiary/aromatic N) is 2. The number of nitrogens with one attached hydrogen (secondary N) is 1.